The summed E-state index contributed by atoms with van der Waals surface area (Å²) in [7, 11) is 3.77. The molecule has 0 radical (unpaired) electrons. The number of hydrogen-bond acceptors (Lipinski definition) is 13. The Bertz CT molecular complexity index is 2690. The summed E-state index contributed by atoms with van der Waals surface area (Å²) < 4.78 is 153. The highest BCUT2D eigenvalue weighted by molar-refractivity contribution is 5.87. The molecule has 0 spiro atoms. The molecule has 0 bridgehead atoms. The number of alkyl halides is 8. The third-order valence-corrected chi connectivity index (χ3v) is 13.9. The van der Waals surface area contributed by atoms with Crippen LogP contribution in [0.4, 0.5) is 54.5 Å². The Morgan fingerprint density at radius 2 is 1.44 bits per heavy atom. The Morgan fingerprint density at radius 3 is 1.96 bits per heavy atom. The molecular weight excluding hydrogens is 1050 g/mol. The van der Waals surface area contributed by atoms with Gasteiger partial charge in [-0.1, -0.05) is 37.8 Å². The van der Waals surface area contributed by atoms with E-state index in [1.165, 1.54) is 12.1 Å². The Kier molecular flexibility index (Phi) is 20.4. The summed E-state index contributed by atoms with van der Waals surface area (Å²) in [5.74, 6) is -1.59. The number of nitrogens with two attached hydrogens (primary N) is 1. The van der Waals surface area contributed by atoms with E-state index in [2.05, 4.69) is 58.9 Å². The van der Waals surface area contributed by atoms with Gasteiger partial charge in [0.2, 0.25) is 11.8 Å². The number of anilines is 1. The number of allylic oxidation sites excluding steroid dienone is 1. The van der Waals surface area contributed by atoms with Gasteiger partial charge in [-0.3, -0.25) is 19.8 Å². The molecule has 426 valence electrons. The first-order valence-electron chi connectivity index (χ1n) is 24.2. The number of fused-ring (bicyclic) bond motifs is 1. The van der Waals surface area contributed by atoms with Crippen molar-refractivity contribution in [1.29, 1.82) is 0 Å². The van der Waals surface area contributed by atoms with Crippen LogP contribution < -0.4 is 26.7 Å². The van der Waals surface area contributed by atoms with E-state index in [0.717, 1.165) is 52.3 Å². The van der Waals surface area contributed by atoms with E-state index in [4.69, 9.17) is 5.73 Å². The van der Waals surface area contributed by atoms with Crippen LogP contribution in [0.25, 0.3) is 5.70 Å². The number of nitrogens with one attached hydrogen (secondary N) is 3. The zero-order valence-electron chi connectivity index (χ0n) is 43.5. The monoisotopic (exact) mass is 1110 g/mol. The van der Waals surface area contributed by atoms with Gasteiger partial charge in [0.05, 0.1) is 49.5 Å². The Morgan fingerprint density at radius 1 is 0.859 bits per heavy atom. The van der Waals surface area contributed by atoms with E-state index in [1.54, 1.807) is 18.3 Å². The number of benzene rings is 2. The second-order valence-electron chi connectivity index (χ2n) is 20.2. The Hall–Kier alpha value is -6.98. The third-order valence-electron chi connectivity index (χ3n) is 13.9. The molecule has 26 heteroatoms. The normalized spacial score (nSPS) is 18.0. The minimum Gasteiger partial charge on any atom is -0.469 e. The summed E-state index contributed by atoms with van der Waals surface area (Å²) in [6, 6.07) is 6.85. The molecule has 5 rings (SSSR count). The van der Waals surface area contributed by atoms with E-state index in [9.17, 15) is 59.4 Å². The largest absolute Gasteiger partial charge is 0.469 e. The molecule has 0 aliphatic carbocycles. The molecule has 16 nitrogen and oxygen atoms in total. The number of halogens is 10. The molecule has 6 N–H and O–H groups in total. The Labute approximate surface area is 443 Å². The number of pyridine rings is 1. The van der Waals surface area contributed by atoms with Gasteiger partial charge < -0.3 is 40.7 Å². The second kappa shape index (κ2) is 25.7. The van der Waals surface area contributed by atoms with Crippen LogP contribution in [0, 0.1) is 52.1 Å². The van der Waals surface area contributed by atoms with Gasteiger partial charge in [-0.25, -0.2) is 28.6 Å². The number of rotatable bonds is 20. The van der Waals surface area contributed by atoms with Crippen molar-refractivity contribution in [3.05, 3.63) is 100 Å². The van der Waals surface area contributed by atoms with Crippen molar-refractivity contribution in [2.75, 3.05) is 58.9 Å². The topological polar surface area (TPSA) is 204 Å². The maximum Gasteiger partial charge on any atom is 0.407 e. The number of aliphatic hydroxyl groups excluding tert-OH is 1. The molecule has 3 heterocycles. The Balaban J connectivity index is 1.51. The molecule has 0 saturated carbocycles. The number of amides is 3. The number of methoxy groups -OCH3 is 2. The SMILES string of the molecule is COC(=O)C[C@H](C(=O)NN(Cc1c(F)cc(C(N)=CC=NC(F)F)cc1F)C[C@H](O)[C@H](Cc1ccc(C#Cc2ccc(N3C[C@H]4CN(C)C[C@H]4C3)nc2)cc1)NC(=O)[C@@H](NC(=O)OC)C(C)(C)C(F)(F)F)C(C)(C)C(F)(F)F. The summed E-state index contributed by atoms with van der Waals surface area (Å²) >= 11 is 0. The van der Waals surface area contributed by atoms with Crippen molar-refractivity contribution in [3.63, 3.8) is 0 Å². The van der Waals surface area contributed by atoms with Crippen LogP contribution in [0.3, 0.4) is 0 Å². The molecular formula is C52H61F10N9O7. The lowest BCUT2D eigenvalue weighted by atomic mass is 9.75. The molecule has 2 fully saturated rings. The van der Waals surface area contributed by atoms with Gasteiger partial charge in [-0.2, -0.15) is 35.1 Å². The number of likely N-dealkylation sites (tertiary alicyclic amines) is 1. The molecule has 0 unspecified atom stereocenters. The van der Waals surface area contributed by atoms with Crippen molar-refractivity contribution in [2.45, 2.75) is 84.2 Å². The maximum absolute atomic E-state index is 15.9. The van der Waals surface area contributed by atoms with Crippen LogP contribution in [0.15, 0.2) is 65.8 Å². The number of esters is 1. The maximum atomic E-state index is 15.9. The van der Waals surface area contributed by atoms with Gasteiger partial charge in [-0.15, -0.1) is 0 Å². The summed E-state index contributed by atoms with van der Waals surface area (Å²) in [6.07, 6.45) is -12.6. The van der Waals surface area contributed by atoms with E-state index >= 15 is 8.78 Å². The van der Waals surface area contributed by atoms with Gasteiger partial charge in [0, 0.05) is 79.6 Å². The van der Waals surface area contributed by atoms with Crippen LogP contribution in [0.1, 0.15) is 61.9 Å². The predicted octanol–water partition coefficient (Wildman–Crippen LogP) is 6.35. The van der Waals surface area contributed by atoms with Crippen molar-refractivity contribution < 1.29 is 77.7 Å². The zero-order chi connectivity index (χ0) is 58.1. The summed E-state index contributed by atoms with van der Waals surface area (Å²) in [5, 5.41) is 16.7. The number of aliphatic hydroxyl groups is 1. The number of hydrogen-bond donors (Lipinski definition) is 5. The number of carbonyl (C=O) groups excluding carboxylic acids is 4. The van der Waals surface area contributed by atoms with Crippen LogP contribution in [-0.4, -0.2) is 141 Å². The van der Waals surface area contributed by atoms with Crippen LogP contribution in [-0.2, 0) is 36.8 Å². The molecule has 6 atom stereocenters. The predicted molar refractivity (Wildman–Crippen MR) is 266 cm³/mol. The fraction of sp³-hybridized carbons (Fsp3) is 0.500. The van der Waals surface area contributed by atoms with E-state index in [-0.39, 0.29) is 5.56 Å². The second-order valence-corrected chi connectivity index (χ2v) is 20.2. The van der Waals surface area contributed by atoms with Gasteiger partial charge >= 0.3 is 31.0 Å². The molecule has 78 heavy (non-hydrogen) atoms. The highest BCUT2D eigenvalue weighted by atomic mass is 19.4. The minimum atomic E-state index is -5.17. The standard InChI is InChI=1S/C52H61F10N9O7/c1-49(2,51(57,58)59)36(21-43(73)77-6)45(74)68-71(27-35-37(53)19-32(20-38(35)54)39(63)16-17-64-47(55)56)28-41(72)40(66-46(75)44(67-48(76)78-7)50(3,4)52(60,61)62)18-30-11-8-29(9-12-30)10-13-31-14-15-42(65-22-31)70-25-33-23-69(5)24-34(33)26-70/h8-9,11-12,14-17,19-20,22,33-34,36,40-41,44,47,72H,18,21,23-28,63H2,1-7H3,(H,66,75)(H,67,76)(H,68,74)/t33-,34+,36-,40+,41+,44-/m1/s1. The highest BCUT2D eigenvalue weighted by Gasteiger charge is 2.57. The number of nitrogens with zero attached hydrogens (tertiary/aromatic N) is 5. The quantitative estimate of drug-likeness (QED) is 0.0210. The smallest absolute Gasteiger partial charge is 0.407 e. The van der Waals surface area contributed by atoms with E-state index in [0.29, 0.717) is 74.0 Å². The van der Waals surface area contributed by atoms with Crippen molar-refractivity contribution in [1.82, 2.24) is 31.0 Å². The number of ether oxygens (including phenoxy) is 2. The number of hydrazine groups is 1. The number of carbonyl (C=O) groups is 4. The van der Waals surface area contributed by atoms with E-state index < -0.39 is 132 Å². The fourth-order valence-electron chi connectivity index (χ4n) is 8.90. The summed E-state index contributed by atoms with van der Waals surface area (Å²) in [4.78, 5) is 64.8. The summed E-state index contributed by atoms with van der Waals surface area (Å²) in [6.45, 7) is 0.849. The molecule has 3 amide bonds. The first-order valence-corrected chi connectivity index (χ1v) is 24.2. The lowest BCUT2D eigenvalue weighted by molar-refractivity contribution is -0.231. The van der Waals surface area contributed by atoms with Crippen LogP contribution >= 0.6 is 0 Å². The van der Waals surface area contributed by atoms with Crippen molar-refractivity contribution in [3.8, 4) is 11.8 Å². The van der Waals surface area contributed by atoms with Crippen molar-refractivity contribution in [2.24, 2.45) is 39.3 Å². The molecule has 2 aromatic carbocycles. The fourth-order valence-corrected chi connectivity index (χ4v) is 8.90. The lowest BCUT2D eigenvalue weighted by Gasteiger charge is -2.38. The average molecular weight is 1110 g/mol. The van der Waals surface area contributed by atoms with E-state index in [1.807, 2.05) is 17.4 Å². The molecule has 2 aliphatic rings. The zero-order valence-corrected chi connectivity index (χ0v) is 43.5. The van der Waals surface area contributed by atoms with Crippen LogP contribution in [0.5, 0.6) is 0 Å². The van der Waals surface area contributed by atoms with Crippen molar-refractivity contribution >= 4 is 41.6 Å². The third kappa shape index (κ3) is 15.8. The molecule has 2 aliphatic heterocycles. The summed E-state index contributed by atoms with van der Waals surface area (Å²) in [5.41, 5.74) is 1.41. The molecule has 2 saturated heterocycles. The minimum absolute atomic E-state index is 0.280. The average Bonchev–Trinajstić information content (AvgIpc) is 3.97. The van der Waals surface area contributed by atoms with Crippen LogP contribution in [0.2, 0.25) is 0 Å². The van der Waals surface area contributed by atoms with Gasteiger partial charge in [0.1, 0.15) is 23.5 Å². The van der Waals surface area contributed by atoms with Gasteiger partial charge in [0.25, 0.3) is 0 Å². The first-order chi connectivity index (χ1) is 36.3. The lowest BCUT2D eigenvalue weighted by Crippen LogP contribution is -2.62. The van der Waals surface area contributed by atoms with Gasteiger partial charge in [0.15, 0.2) is 0 Å². The number of aliphatic imine (C=N–C) groups is 1. The first kappa shape index (κ1) is 61.9. The number of alkyl carbamates (subject to hydrolysis) is 1. The number of aromatic nitrogens is 1. The van der Waals surface area contributed by atoms with Gasteiger partial charge in [-0.05, 0) is 87.2 Å². The molecule has 3 aromatic rings. The highest BCUT2D eigenvalue weighted by Crippen LogP contribution is 2.45. The molecule has 1 aromatic heterocycles.